The van der Waals surface area contributed by atoms with Gasteiger partial charge in [-0.05, 0) is 68.1 Å². The highest BCUT2D eigenvalue weighted by Crippen LogP contribution is 2.26. The Bertz CT molecular complexity index is 1330. The summed E-state index contributed by atoms with van der Waals surface area (Å²) in [5, 5.41) is 3.34. The SMILES string of the molecule is CCCNC(=O)C(CC)N(CCc1ccccc1)C(=O)CN(c1ccc(Cl)cc1)S(=O)(=O)c1ccc(C)cc1. The molecule has 0 radical (unpaired) electrons. The smallest absolute Gasteiger partial charge is 0.264 e. The summed E-state index contributed by atoms with van der Waals surface area (Å²) in [6.45, 7) is 5.97. The van der Waals surface area contributed by atoms with Crippen LogP contribution in [-0.4, -0.2) is 50.8 Å². The topological polar surface area (TPSA) is 86.8 Å². The van der Waals surface area contributed by atoms with Crippen LogP contribution >= 0.6 is 11.6 Å². The van der Waals surface area contributed by atoms with Gasteiger partial charge >= 0.3 is 0 Å². The molecule has 1 atom stereocenters. The van der Waals surface area contributed by atoms with Crippen LogP contribution in [0.25, 0.3) is 0 Å². The Hall–Kier alpha value is -3.36. The average Bonchev–Trinajstić information content (AvgIpc) is 2.93. The monoisotopic (exact) mass is 569 g/mol. The summed E-state index contributed by atoms with van der Waals surface area (Å²) < 4.78 is 28.7. The summed E-state index contributed by atoms with van der Waals surface area (Å²) in [5.74, 6) is -0.713. The first kappa shape index (κ1) is 30.2. The van der Waals surface area contributed by atoms with E-state index >= 15 is 0 Å². The van der Waals surface area contributed by atoms with Gasteiger partial charge in [0.25, 0.3) is 10.0 Å². The fourth-order valence-corrected chi connectivity index (χ4v) is 5.78. The summed E-state index contributed by atoms with van der Waals surface area (Å²) in [6, 6.07) is 21.7. The van der Waals surface area contributed by atoms with Crippen molar-refractivity contribution < 1.29 is 18.0 Å². The van der Waals surface area contributed by atoms with Crippen molar-refractivity contribution in [2.45, 2.75) is 51.0 Å². The van der Waals surface area contributed by atoms with Crippen molar-refractivity contribution in [2.24, 2.45) is 0 Å². The fourth-order valence-electron chi connectivity index (χ4n) is 4.24. The van der Waals surface area contributed by atoms with E-state index in [9.17, 15) is 18.0 Å². The largest absolute Gasteiger partial charge is 0.354 e. The molecule has 0 saturated carbocycles. The third-order valence-corrected chi connectivity index (χ3v) is 8.46. The number of sulfonamides is 1. The standard InChI is InChI=1S/C30H36ClN3O4S/c1-4-20-32-30(36)28(5-2)33(21-19-24-9-7-6-8-10-24)29(35)22-34(26-15-13-25(31)14-16-26)39(37,38)27-17-11-23(3)12-18-27/h6-18,28H,4-5,19-22H2,1-3H3,(H,32,36). The Morgan fingerprint density at radius 3 is 2.15 bits per heavy atom. The molecule has 7 nitrogen and oxygen atoms in total. The van der Waals surface area contributed by atoms with E-state index < -0.39 is 28.5 Å². The van der Waals surface area contributed by atoms with Gasteiger partial charge in [0.2, 0.25) is 11.8 Å². The van der Waals surface area contributed by atoms with Gasteiger partial charge in [0.15, 0.2) is 0 Å². The van der Waals surface area contributed by atoms with Gasteiger partial charge in [-0.25, -0.2) is 8.42 Å². The first-order valence-corrected chi connectivity index (χ1v) is 14.9. The maximum atomic E-state index is 13.9. The summed E-state index contributed by atoms with van der Waals surface area (Å²) in [4.78, 5) is 28.6. The van der Waals surface area contributed by atoms with Crippen LogP contribution in [0.4, 0.5) is 5.69 Å². The lowest BCUT2D eigenvalue weighted by Gasteiger charge is -2.33. The molecule has 0 fully saturated rings. The molecule has 208 valence electrons. The van der Waals surface area contributed by atoms with Crippen LogP contribution in [0.15, 0.2) is 83.8 Å². The van der Waals surface area contributed by atoms with E-state index in [4.69, 9.17) is 11.6 Å². The first-order chi connectivity index (χ1) is 18.7. The lowest BCUT2D eigenvalue weighted by Crippen LogP contribution is -2.53. The van der Waals surface area contributed by atoms with Crippen LogP contribution < -0.4 is 9.62 Å². The summed E-state index contributed by atoms with van der Waals surface area (Å²) in [7, 11) is -4.10. The number of rotatable bonds is 13. The molecule has 0 aliphatic heterocycles. The van der Waals surface area contributed by atoms with Crippen molar-refractivity contribution in [1.82, 2.24) is 10.2 Å². The van der Waals surface area contributed by atoms with Crippen molar-refractivity contribution in [3.8, 4) is 0 Å². The van der Waals surface area contributed by atoms with E-state index in [2.05, 4.69) is 5.32 Å². The molecule has 2 amide bonds. The minimum atomic E-state index is -4.10. The zero-order valence-electron chi connectivity index (χ0n) is 22.6. The Balaban J connectivity index is 1.99. The molecule has 0 aromatic heterocycles. The third kappa shape index (κ3) is 8.07. The Morgan fingerprint density at radius 1 is 0.923 bits per heavy atom. The molecule has 0 spiro atoms. The zero-order valence-corrected chi connectivity index (χ0v) is 24.2. The Kier molecular flexibility index (Phi) is 10.9. The molecule has 39 heavy (non-hydrogen) atoms. The van der Waals surface area contributed by atoms with Crippen molar-refractivity contribution in [1.29, 1.82) is 0 Å². The van der Waals surface area contributed by atoms with Crippen LogP contribution in [-0.2, 0) is 26.0 Å². The molecule has 0 saturated heterocycles. The average molecular weight is 570 g/mol. The fraction of sp³-hybridized carbons (Fsp3) is 0.333. The molecular weight excluding hydrogens is 534 g/mol. The van der Waals surface area contributed by atoms with Crippen LogP contribution in [0.2, 0.25) is 5.02 Å². The normalized spacial score (nSPS) is 12.0. The highest BCUT2D eigenvalue weighted by atomic mass is 35.5. The van der Waals surface area contributed by atoms with Gasteiger partial charge < -0.3 is 10.2 Å². The number of carbonyl (C=O) groups excluding carboxylic acids is 2. The van der Waals surface area contributed by atoms with Gasteiger partial charge in [-0.3, -0.25) is 13.9 Å². The number of halogens is 1. The summed E-state index contributed by atoms with van der Waals surface area (Å²) in [5.41, 5.74) is 2.24. The molecule has 3 rings (SSSR count). The Morgan fingerprint density at radius 2 is 1.56 bits per heavy atom. The number of hydrogen-bond donors (Lipinski definition) is 1. The number of aryl methyl sites for hydroxylation is 1. The van der Waals surface area contributed by atoms with Gasteiger partial charge in [0.05, 0.1) is 10.6 Å². The third-order valence-electron chi connectivity index (χ3n) is 6.42. The van der Waals surface area contributed by atoms with E-state index in [1.165, 1.54) is 17.0 Å². The zero-order chi connectivity index (χ0) is 28.4. The summed E-state index contributed by atoms with van der Waals surface area (Å²) in [6.07, 6.45) is 1.68. The van der Waals surface area contributed by atoms with E-state index in [0.29, 0.717) is 30.1 Å². The predicted molar refractivity (Wildman–Crippen MR) is 156 cm³/mol. The molecule has 0 aliphatic rings. The molecule has 0 heterocycles. The van der Waals surface area contributed by atoms with Crippen molar-refractivity contribution in [3.63, 3.8) is 0 Å². The van der Waals surface area contributed by atoms with Crippen LogP contribution in [0.5, 0.6) is 0 Å². The maximum Gasteiger partial charge on any atom is 0.264 e. The van der Waals surface area contributed by atoms with E-state index in [0.717, 1.165) is 21.9 Å². The molecule has 3 aromatic carbocycles. The first-order valence-electron chi connectivity index (χ1n) is 13.1. The molecular formula is C30H36ClN3O4S. The molecule has 9 heteroatoms. The van der Waals surface area contributed by atoms with Crippen LogP contribution in [0, 0.1) is 6.92 Å². The van der Waals surface area contributed by atoms with Gasteiger partial charge in [-0.2, -0.15) is 0 Å². The number of nitrogens with one attached hydrogen (secondary N) is 1. The minimum Gasteiger partial charge on any atom is -0.354 e. The lowest BCUT2D eigenvalue weighted by atomic mass is 10.1. The highest BCUT2D eigenvalue weighted by Gasteiger charge is 2.33. The molecule has 3 aromatic rings. The number of carbonyl (C=O) groups is 2. The molecule has 0 aliphatic carbocycles. The van der Waals surface area contributed by atoms with E-state index in [1.54, 1.807) is 36.4 Å². The van der Waals surface area contributed by atoms with E-state index in [1.807, 2.05) is 51.1 Å². The minimum absolute atomic E-state index is 0.0689. The van der Waals surface area contributed by atoms with E-state index in [-0.39, 0.29) is 17.3 Å². The number of anilines is 1. The quantitative estimate of drug-likeness (QED) is 0.306. The maximum absolute atomic E-state index is 13.9. The number of hydrogen-bond acceptors (Lipinski definition) is 4. The van der Waals surface area contributed by atoms with Crippen molar-refractivity contribution >= 4 is 39.1 Å². The second-order valence-electron chi connectivity index (χ2n) is 9.34. The second kappa shape index (κ2) is 14.1. The molecule has 1 N–H and O–H groups in total. The van der Waals surface area contributed by atoms with Crippen LogP contribution in [0.3, 0.4) is 0 Å². The van der Waals surface area contributed by atoms with Gasteiger partial charge in [-0.15, -0.1) is 0 Å². The number of nitrogens with zero attached hydrogens (tertiary/aromatic N) is 2. The van der Waals surface area contributed by atoms with Crippen molar-refractivity contribution in [2.75, 3.05) is 23.9 Å². The molecule has 1 unspecified atom stereocenters. The number of amides is 2. The molecule has 0 bridgehead atoms. The lowest BCUT2D eigenvalue weighted by molar-refractivity contribution is -0.139. The van der Waals surface area contributed by atoms with Gasteiger partial charge in [0, 0.05) is 18.1 Å². The van der Waals surface area contributed by atoms with Crippen LogP contribution in [0.1, 0.15) is 37.8 Å². The van der Waals surface area contributed by atoms with Gasteiger partial charge in [0.1, 0.15) is 12.6 Å². The highest BCUT2D eigenvalue weighted by molar-refractivity contribution is 7.92. The van der Waals surface area contributed by atoms with Gasteiger partial charge in [-0.1, -0.05) is 73.5 Å². The summed E-state index contributed by atoms with van der Waals surface area (Å²) >= 11 is 6.07. The number of benzene rings is 3. The predicted octanol–water partition coefficient (Wildman–Crippen LogP) is 5.22. The van der Waals surface area contributed by atoms with Crippen molar-refractivity contribution in [3.05, 3.63) is 95.0 Å². The Labute approximate surface area is 236 Å². The second-order valence-corrected chi connectivity index (χ2v) is 11.6.